The number of phenolic OH excluding ortho intramolecular Hbond substituents is 1. The number of phenols is 1. The molecule has 3 heterocycles. The van der Waals surface area contributed by atoms with Crippen molar-refractivity contribution in [1.82, 2.24) is 15.0 Å². The van der Waals surface area contributed by atoms with Gasteiger partial charge in [0.1, 0.15) is 19.5 Å². The third-order valence-corrected chi connectivity index (χ3v) is 4.70. The van der Waals surface area contributed by atoms with Crippen LogP contribution in [0.5, 0.6) is 17.2 Å². The van der Waals surface area contributed by atoms with Crippen molar-refractivity contribution >= 4 is 11.3 Å². The Balaban J connectivity index is 1.99. The Morgan fingerprint density at radius 2 is 1.93 bits per heavy atom. The maximum atomic E-state index is 13.6. The topological polar surface area (TPSA) is 77.4 Å². The van der Waals surface area contributed by atoms with Gasteiger partial charge in [-0.1, -0.05) is 0 Å². The fraction of sp³-hybridized carbons (Fsp3) is 0.235. The number of alkyl halides is 3. The quantitative estimate of drug-likeness (QED) is 0.705. The number of fused-ring (bicyclic) bond motifs is 1. The fourth-order valence-electron chi connectivity index (χ4n) is 2.82. The molecule has 1 aromatic carbocycles. The van der Waals surface area contributed by atoms with Crippen molar-refractivity contribution in [3.8, 4) is 39.8 Å². The molecule has 10 heteroatoms. The zero-order chi connectivity index (χ0) is 19.2. The number of rotatable bonds is 2. The molecule has 140 valence electrons. The van der Waals surface area contributed by atoms with Gasteiger partial charge in [0.2, 0.25) is 5.75 Å². The van der Waals surface area contributed by atoms with E-state index >= 15 is 0 Å². The molecule has 0 bridgehead atoms. The molecule has 0 unspecified atom stereocenters. The Labute approximate surface area is 155 Å². The van der Waals surface area contributed by atoms with Crippen LogP contribution in [0.3, 0.4) is 0 Å². The number of aromatic nitrogens is 3. The molecule has 0 saturated heterocycles. The number of hydrogen-bond donors (Lipinski definition) is 1. The van der Waals surface area contributed by atoms with Gasteiger partial charge in [0, 0.05) is 10.9 Å². The number of nitrogens with zero attached hydrogens (tertiary/aromatic N) is 3. The normalized spacial score (nSPS) is 13.6. The average Bonchev–Trinajstić information content (AvgIpc) is 3.07. The molecule has 0 saturated carbocycles. The van der Waals surface area contributed by atoms with Crippen LogP contribution in [0.1, 0.15) is 10.7 Å². The van der Waals surface area contributed by atoms with Crippen molar-refractivity contribution in [3.05, 3.63) is 34.5 Å². The predicted molar refractivity (Wildman–Crippen MR) is 91.0 cm³/mol. The van der Waals surface area contributed by atoms with Crippen LogP contribution in [-0.4, -0.2) is 33.3 Å². The number of aromatic hydroxyl groups is 1. The first-order chi connectivity index (χ1) is 12.9. The van der Waals surface area contributed by atoms with Crippen molar-refractivity contribution in [2.45, 2.75) is 13.1 Å². The first-order valence-corrected chi connectivity index (χ1v) is 8.71. The molecule has 2 aromatic heterocycles. The van der Waals surface area contributed by atoms with E-state index in [1.165, 1.54) is 28.8 Å². The second kappa shape index (κ2) is 6.38. The van der Waals surface area contributed by atoms with E-state index in [9.17, 15) is 18.3 Å². The number of hydrogen-bond acceptors (Lipinski definition) is 7. The monoisotopic (exact) mass is 395 g/mol. The molecule has 1 aliphatic rings. The van der Waals surface area contributed by atoms with Gasteiger partial charge in [-0.25, -0.2) is 15.0 Å². The highest BCUT2D eigenvalue weighted by Gasteiger charge is 2.38. The summed E-state index contributed by atoms with van der Waals surface area (Å²) >= 11 is 1.21. The second-order valence-electron chi connectivity index (χ2n) is 5.68. The van der Waals surface area contributed by atoms with Gasteiger partial charge in [0.25, 0.3) is 0 Å². The van der Waals surface area contributed by atoms with E-state index in [2.05, 4.69) is 15.0 Å². The standard InChI is InChI=1S/C17H12F3N3O3S/c1-8-23-10(6-27-8)12-13(21-7-22-16(12)17(18,19)20)9-2-3-11-15(14(9)24)26-5-4-25-11/h2-3,6-7,24H,4-5H2,1H3. The van der Waals surface area contributed by atoms with Crippen LogP contribution in [0, 0.1) is 6.92 Å². The van der Waals surface area contributed by atoms with Crippen LogP contribution in [0.4, 0.5) is 13.2 Å². The Bertz CT molecular complexity index is 1020. The first kappa shape index (κ1) is 17.5. The summed E-state index contributed by atoms with van der Waals surface area (Å²) in [5.74, 6) is 0.0530. The van der Waals surface area contributed by atoms with E-state index in [-0.39, 0.29) is 40.6 Å². The molecule has 0 fully saturated rings. The third-order valence-electron chi connectivity index (χ3n) is 3.93. The summed E-state index contributed by atoms with van der Waals surface area (Å²) in [6, 6.07) is 2.96. The van der Waals surface area contributed by atoms with Crippen molar-refractivity contribution in [1.29, 1.82) is 0 Å². The molecule has 27 heavy (non-hydrogen) atoms. The lowest BCUT2D eigenvalue weighted by Gasteiger charge is -2.21. The average molecular weight is 395 g/mol. The summed E-state index contributed by atoms with van der Waals surface area (Å²) in [5.41, 5.74) is -1.33. The van der Waals surface area contributed by atoms with E-state index in [4.69, 9.17) is 9.47 Å². The molecule has 6 nitrogen and oxygen atoms in total. The van der Waals surface area contributed by atoms with Crippen LogP contribution in [0.15, 0.2) is 23.8 Å². The lowest BCUT2D eigenvalue weighted by molar-refractivity contribution is -0.140. The summed E-state index contributed by atoms with van der Waals surface area (Å²) < 4.78 is 51.6. The summed E-state index contributed by atoms with van der Waals surface area (Å²) in [5, 5.41) is 12.7. The van der Waals surface area contributed by atoms with Gasteiger partial charge in [-0.2, -0.15) is 13.2 Å². The van der Waals surface area contributed by atoms with Gasteiger partial charge in [-0.3, -0.25) is 0 Å². The number of aryl methyl sites for hydroxylation is 1. The van der Waals surface area contributed by atoms with E-state index < -0.39 is 11.9 Å². The zero-order valence-electron chi connectivity index (χ0n) is 13.9. The van der Waals surface area contributed by atoms with Gasteiger partial charge in [0.15, 0.2) is 17.2 Å². The molecule has 0 aliphatic carbocycles. The molecule has 0 amide bonds. The number of thiazole rings is 1. The molecule has 0 radical (unpaired) electrons. The van der Waals surface area contributed by atoms with Gasteiger partial charge in [0.05, 0.1) is 22.0 Å². The SMILES string of the molecule is Cc1nc(-c2c(-c3ccc4c(c3O)OCCO4)ncnc2C(F)(F)F)cs1. The first-order valence-electron chi connectivity index (χ1n) is 7.83. The Hall–Kier alpha value is -2.88. The van der Waals surface area contributed by atoms with Gasteiger partial charge >= 0.3 is 6.18 Å². The minimum absolute atomic E-state index is 0.0753. The van der Waals surface area contributed by atoms with Gasteiger partial charge < -0.3 is 14.6 Å². The van der Waals surface area contributed by atoms with E-state index in [0.717, 1.165) is 6.33 Å². The lowest BCUT2D eigenvalue weighted by Crippen LogP contribution is -2.15. The second-order valence-corrected chi connectivity index (χ2v) is 6.74. The predicted octanol–water partition coefficient (Wildman–Crippen LogP) is 4.07. The zero-order valence-corrected chi connectivity index (χ0v) is 14.7. The van der Waals surface area contributed by atoms with Crippen molar-refractivity contribution in [3.63, 3.8) is 0 Å². The Kier molecular flexibility index (Phi) is 4.14. The number of benzene rings is 1. The van der Waals surface area contributed by atoms with Crippen molar-refractivity contribution in [2.24, 2.45) is 0 Å². The molecule has 1 N–H and O–H groups in total. The third kappa shape index (κ3) is 3.05. The molecular formula is C17H12F3N3O3S. The Morgan fingerprint density at radius 1 is 1.15 bits per heavy atom. The highest BCUT2D eigenvalue weighted by molar-refractivity contribution is 7.09. The maximum absolute atomic E-state index is 13.6. The minimum atomic E-state index is -4.71. The lowest BCUT2D eigenvalue weighted by atomic mass is 10.0. The number of halogens is 3. The molecule has 0 atom stereocenters. The molecule has 1 aliphatic heterocycles. The smallest absolute Gasteiger partial charge is 0.434 e. The highest BCUT2D eigenvalue weighted by Crippen LogP contribution is 2.48. The maximum Gasteiger partial charge on any atom is 0.434 e. The minimum Gasteiger partial charge on any atom is -0.504 e. The fourth-order valence-corrected chi connectivity index (χ4v) is 3.42. The summed E-state index contributed by atoms with van der Waals surface area (Å²) in [6.07, 6.45) is -3.90. The highest BCUT2D eigenvalue weighted by atomic mass is 32.1. The van der Waals surface area contributed by atoms with Gasteiger partial charge in [-0.15, -0.1) is 11.3 Å². The van der Waals surface area contributed by atoms with Crippen molar-refractivity contribution < 1.29 is 27.8 Å². The number of ether oxygens (including phenoxy) is 2. The summed E-state index contributed by atoms with van der Waals surface area (Å²) in [4.78, 5) is 11.6. The Morgan fingerprint density at radius 3 is 2.63 bits per heavy atom. The van der Waals surface area contributed by atoms with E-state index in [1.54, 1.807) is 6.92 Å². The van der Waals surface area contributed by atoms with Gasteiger partial charge in [-0.05, 0) is 19.1 Å². The van der Waals surface area contributed by atoms with Crippen LogP contribution in [0.25, 0.3) is 22.5 Å². The molecule has 4 rings (SSSR count). The molecule has 0 spiro atoms. The molecular weight excluding hydrogens is 383 g/mol. The largest absolute Gasteiger partial charge is 0.504 e. The van der Waals surface area contributed by atoms with E-state index in [0.29, 0.717) is 17.4 Å². The molecule has 3 aromatic rings. The van der Waals surface area contributed by atoms with Crippen LogP contribution in [0.2, 0.25) is 0 Å². The van der Waals surface area contributed by atoms with E-state index in [1.807, 2.05) is 0 Å². The van der Waals surface area contributed by atoms with Crippen molar-refractivity contribution in [2.75, 3.05) is 13.2 Å². The van der Waals surface area contributed by atoms with Crippen LogP contribution < -0.4 is 9.47 Å². The van der Waals surface area contributed by atoms with Crippen LogP contribution >= 0.6 is 11.3 Å². The summed E-state index contributed by atoms with van der Waals surface area (Å²) in [7, 11) is 0. The van der Waals surface area contributed by atoms with Crippen LogP contribution in [-0.2, 0) is 6.18 Å². The summed E-state index contributed by atoms with van der Waals surface area (Å²) in [6.45, 7) is 2.23.